The Morgan fingerprint density at radius 3 is 2.71 bits per heavy atom. The molecule has 0 aromatic carbocycles. The number of hydrogen-bond donors (Lipinski definition) is 1. The Balaban J connectivity index is 2.35. The molecule has 1 rings (SSSR count). The second-order valence-corrected chi connectivity index (χ2v) is 4.60. The molecule has 0 aromatic heterocycles. The highest BCUT2D eigenvalue weighted by atomic mass is 16.5. The van der Waals surface area contributed by atoms with Crippen molar-refractivity contribution < 1.29 is 4.74 Å². The van der Waals surface area contributed by atoms with Crippen molar-refractivity contribution in [2.45, 2.75) is 64.0 Å². The van der Waals surface area contributed by atoms with Crippen molar-refractivity contribution in [2.75, 3.05) is 13.7 Å². The lowest BCUT2D eigenvalue weighted by Crippen LogP contribution is -2.46. The molecule has 0 bridgehead atoms. The fourth-order valence-corrected chi connectivity index (χ4v) is 2.43. The Morgan fingerprint density at radius 2 is 2.21 bits per heavy atom. The van der Waals surface area contributed by atoms with Crippen molar-refractivity contribution in [2.24, 2.45) is 0 Å². The molecule has 0 saturated carbocycles. The fraction of sp³-hybridized carbons (Fsp3) is 1.00. The average molecular weight is 199 g/mol. The molecule has 0 radical (unpaired) electrons. The molecule has 14 heavy (non-hydrogen) atoms. The summed E-state index contributed by atoms with van der Waals surface area (Å²) >= 11 is 0. The minimum atomic E-state index is 0.0997. The van der Waals surface area contributed by atoms with Gasteiger partial charge in [-0.05, 0) is 33.2 Å². The van der Waals surface area contributed by atoms with Crippen LogP contribution in [0.2, 0.25) is 0 Å². The first-order valence-electron chi connectivity index (χ1n) is 6.04. The molecule has 0 aliphatic carbocycles. The molecule has 0 spiro atoms. The molecule has 1 saturated heterocycles. The maximum atomic E-state index is 5.86. The monoisotopic (exact) mass is 199 g/mol. The van der Waals surface area contributed by atoms with Gasteiger partial charge in [0.05, 0.1) is 5.60 Å². The maximum Gasteiger partial charge on any atom is 0.0807 e. The van der Waals surface area contributed by atoms with Gasteiger partial charge in [0.15, 0.2) is 0 Å². The Morgan fingerprint density at radius 1 is 1.43 bits per heavy atom. The molecular formula is C12H25NO. The van der Waals surface area contributed by atoms with Crippen molar-refractivity contribution >= 4 is 0 Å². The maximum absolute atomic E-state index is 5.86. The molecule has 1 heterocycles. The second-order valence-electron chi connectivity index (χ2n) is 4.60. The van der Waals surface area contributed by atoms with E-state index in [1.165, 1.54) is 38.5 Å². The highest BCUT2D eigenvalue weighted by molar-refractivity contribution is 4.91. The van der Waals surface area contributed by atoms with Crippen LogP contribution in [0.1, 0.15) is 52.4 Å². The lowest BCUT2D eigenvalue weighted by Gasteiger charge is -2.33. The van der Waals surface area contributed by atoms with Crippen LogP contribution in [-0.2, 0) is 4.74 Å². The average Bonchev–Trinajstić information content (AvgIpc) is 2.61. The predicted octanol–water partition coefficient (Wildman–Crippen LogP) is 2.72. The van der Waals surface area contributed by atoms with Crippen molar-refractivity contribution in [1.29, 1.82) is 0 Å². The minimum Gasteiger partial charge on any atom is -0.374 e. The number of likely N-dealkylation sites (N-methyl/N-ethyl adjacent to an activating group) is 1. The third-order valence-electron chi connectivity index (χ3n) is 3.43. The summed E-state index contributed by atoms with van der Waals surface area (Å²) in [7, 11) is 2.06. The van der Waals surface area contributed by atoms with E-state index in [0.717, 1.165) is 6.61 Å². The molecule has 0 amide bonds. The van der Waals surface area contributed by atoms with E-state index in [9.17, 15) is 0 Å². The number of nitrogens with one attached hydrogen (secondary N) is 1. The van der Waals surface area contributed by atoms with Gasteiger partial charge in [0.25, 0.3) is 0 Å². The topological polar surface area (TPSA) is 21.3 Å². The third-order valence-corrected chi connectivity index (χ3v) is 3.43. The molecular weight excluding hydrogens is 174 g/mol. The van der Waals surface area contributed by atoms with Gasteiger partial charge in [-0.25, -0.2) is 0 Å². The molecule has 1 aliphatic heterocycles. The summed E-state index contributed by atoms with van der Waals surface area (Å²) in [6, 6.07) is 0.538. The van der Waals surface area contributed by atoms with E-state index < -0.39 is 0 Å². The lowest BCUT2D eigenvalue weighted by atomic mass is 9.89. The van der Waals surface area contributed by atoms with Crippen molar-refractivity contribution in [3.63, 3.8) is 0 Å². The van der Waals surface area contributed by atoms with Crippen molar-refractivity contribution in [3.05, 3.63) is 0 Å². The van der Waals surface area contributed by atoms with Crippen LogP contribution in [0.15, 0.2) is 0 Å². The molecule has 1 fully saturated rings. The van der Waals surface area contributed by atoms with Gasteiger partial charge < -0.3 is 10.1 Å². The molecule has 2 atom stereocenters. The molecule has 2 unspecified atom stereocenters. The Kier molecular flexibility index (Phi) is 4.90. The van der Waals surface area contributed by atoms with Crippen molar-refractivity contribution in [1.82, 2.24) is 5.32 Å². The van der Waals surface area contributed by atoms with Crippen LogP contribution in [0.4, 0.5) is 0 Å². The Labute approximate surface area is 88.4 Å². The number of ether oxygens (including phenoxy) is 1. The van der Waals surface area contributed by atoms with Gasteiger partial charge in [0.2, 0.25) is 0 Å². The summed E-state index contributed by atoms with van der Waals surface area (Å²) in [6.07, 6.45) is 7.65. The second kappa shape index (κ2) is 5.72. The zero-order valence-electron chi connectivity index (χ0n) is 9.94. The Bertz CT molecular complexity index is 152. The van der Waals surface area contributed by atoms with Crippen LogP contribution in [0.5, 0.6) is 0 Å². The smallest absolute Gasteiger partial charge is 0.0807 e. The highest BCUT2D eigenvalue weighted by Gasteiger charge is 2.36. The zero-order chi connectivity index (χ0) is 10.4. The van der Waals surface area contributed by atoms with Gasteiger partial charge in [-0.1, -0.05) is 26.2 Å². The SMILES string of the molecule is CCCCCC(NC)C1(C)CCCO1. The van der Waals surface area contributed by atoms with E-state index in [1.807, 2.05) is 0 Å². The molecule has 2 nitrogen and oxygen atoms in total. The molecule has 84 valence electrons. The van der Waals surface area contributed by atoms with Crippen molar-refractivity contribution in [3.8, 4) is 0 Å². The third kappa shape index (κ3) is 2.96. The molecule has 0 aromatic rings. The predicted molar refractivity (Wildman–Crippen MR) is 60.6 cm³/mol. The van der Waals surface area contributed by atoms with Gasteiger partial charge in [-0.3, -0.25) is 0 Å². The van der Waals surface area contributed by atoms with E-state index in [1.54, 1.807) is 0 Å². The Hall–Kier alpha value is -0.0800. The summed E-state index contributed by atoms with van der Waals surface area (Å²) in [4.78, 5) is 0. The highest BCUT2D eigenvalue weighted by Crippen LogP contribution is 2.30. The van der Waals surface area contributed by atoms with E-state index in [-0.39, 0.29) is 5.60 Å². The first-order chi connectivity index (χ1) is 6.73. The van der Waals surface area contributed by atoms with Gasteiger partial charge in [0.1, 0.15) is 0 Å². The quantitative estimate of drug-likeness (QED) is 0.664. The number of hydrogen-bond acceptors (Lipinski definition) is 2. The van der Waals surface area contributed by atoms with Crippen LogP contribution in [0.3, 0.4) is 0 Å². The summed E-state index contributed by atoms with van der Waals surface area (Å²) in [5, 5.41) is 3.42. The van der Waals surface area contributed by atoms with Gasteiger partial charge in [-0.2, -0.15) is 0 Å². The lowest BCUT2D eigenvalue weighted by molar-refractivity contribution is -0.0124. The first kappa shape index (κ1) is 12.0. The normalized spacial score (nSPS) is 29.4. The van der Waals surface area contributed by atoms with E-state index >= 15 is 0 Å². The van der Waals surface area contributed by atoms with Crippen LogP contribution in [-0.4, -0.2) is 25.3 Å². The summed E-state index contributed by atoms with van der Waals surface area (Å²) in [6.45, 7) is 5.46. The van der Waals surface area contributed by atoms with Crippen LogP contribution in [0, 0.1) is 0 Å². The molecule has 2 heteroatoms. The van der Waals surface area contributed by atoms with Crippen LogP contribution >= 0.6 is 0 Å². The molecule has 1 N–H and O–H groups in total. The van der Waals surface area contributed by atoms with Gasteiger partial charge >= 0.3 is 0 Å². The van der Waals surface area contributed by atoms with E-state index in [2.05, 4.69) is 26.2 Å². The van der Waals surface area contributed by atoms with Gasteiger partial charge in [-0.15, -0.1) is 0 Å². The van der Waals surface area contributed by atoms with Gasteiger partial charge in [0, 0.05) is 12.6 Å². The van der Waals surface area contributed by atoms with E-state index in [4.69, 9.17) is 4.74 Å². The van der Waals surface area contributed by atoms with E-state index in [0.29, 0.717) is 6.04 Å². The summed E-state index contributed by atoms with van der Waals surface area (Å²) in [5.41, 5.74) is 0.0997. The first-order valence-corrected chi connectivity index (χ1v) is 6.04. The summed E-state index contributed by atoms with van der Waals surface area (Å²) < 4.78 is 5.86. The largest absolute Gasteiger partial charge is 0.374 e. The molecule has 1 aliphatic rings. The summed E-state index contributed by atoms with van der Waals surface area (Å²) in [5.74, 6) is 0. The minimum absolute atomic E-state index is 0.0997. The zero-order valence-corrected chi connectivity index (χ0v) is 9.94. The number of rotatable bonds is 6. The fourth-order valence-electron chi connectivity index (χ4n) is 2.43. The van der Waals surface area contributed by atoms with Crippen LogP contribution in [0.25, 0.3) is 0 Å². The standard InChI is InChI=1S/C12H25NO/c1-4-5-6-8-11(13-3)12(2)9-7-10-14-12/h11,13H,4-10H2,1-3H3. The van der Waals surface area contributed by atoms with Crippen LogP contribution < -0.4 is 5.32 Å². The number of unbranched alkanes of at least 4 members (excludes halogenated alkanes) is 2.